The van der Waals surface area contributed by atoms with E-state index >= 15 is 0 Å². The molecule has 2 bridgehead atoms. The summed E-state index contributed by atoms with van der Waals surface area (Å²) in [6.45, 7) is 6.60. The zero-order valence-corrected chi connectivity index (χ0v) is 12.3. The van der Waals surface area contributed by atoms with Crippen molar-refractivity contribution >= 4 is 12.0 Å². The highest BCUT2D eigenvalue weighted by Crippen LogP contribution is 2.27. The van der Waals surface area contributed by atoms with E-state index in [9.17, 15) is 14.7 Å². The maximum atomic E-state index is 12.1. The molecule has 6 nitrogen and oxygen atoms in total. The van der Waals surface area contributed by atoms with E-state index in [2.05, 4.69) is 15.5 Å². The van der Waals surface area contributed by atoms with Crippen LogP contribution in [0.25, 0.3) is 0 Å². The predicted octanol–water partition coefficient (Wildman–Crippen LogP) is 1.02. The number of piperidine rings is 3. The van der Waals surface area contributed by atoms with Crippen LogP contribution in [0, 0.1) is 5.92 Å². The fraction of sp³-hybridized carbons (Fsp3) is 0.857. The van der Waals surface area contributed by atoms with Gasteiger partial charge in [-0.15, -0.1) is 0 Å². The Labute approximate surface area is 119 Å². The first-order chi connectivity index (χ1) is 9.44. The minimum Gasteiger partial charge on any atom is -0.480 e. The number of carbonyl (C=O) groups is 2. The van der Waals surface area contributed by atoms with Crippen LogP contribution in [0.4, 0.5) is 4.79 Å². The number of nitrogens with one attached hydrogen (secondary N) is 2. The van der Waals surface area contributed by atoms with Gasteiger partial charge in [0.2, 0.25) is 0 Å². The van der Waals surface area contributed by atoms with Crippen LogP contribution in [0.15, 0.2) is 0 Å². The van der Waals surface area contributed by atoms with Crippen molar-refractivity contribution in [3.63, 3.8) is 0 Å². The summed E-state index contributed by atoms with van der Waals surface area (Å²) in [6, 6.07) is -0.209. The van der Waals surface area contributed by atoms with Crippen molar-refractivity contribution in [3.8, 4) is 0 Å². The van der Waals surface area contributed by atoms with Crippen LogP contribution in [0.2, 0.25) is 0 Å². The van der Waals surface area contributed by atoms with E-state index in [1.165, 1.54) is 0 Å². The van der Waals surface area contributed by atoms with Gasteiger partial charge in [0.05, 0.1) is 0 Å². The van der Waals surface area contributed by atoms with Crippen molar-refractivity contribution in [1.29, 1.82) is 0 Å². The van der Waals surface area contributed by atoms with Gasteiger partial charge in [0.15, 0.2) is 0 Å². The molecule has 3 aliphatic rings. The fourth-order valence-electron chi connectivity index (χ4n) is 3.31. The summed E-state index contributed by atoms with van der Waals surface area (Å²) >= 11 is 0. The highest BCUT2D eigenvalue weighted by Gasteiger charge is 2.37. The van der Waals surface area contributed by atoms with Crippen LogP contribution in [0.5, 0.6) is 0 Å². The molecule has 0 aromatic heterocycles. The SMILES string of the molecule is CCCC(C)(NC(=O)NC1CN2CCC1CC2)C(=O)O. The molecule has 0 aliphatic carbocycles. The van der Waals surface area contributed by atoms with Crippen molar-refractivity contribution in [2.75, 3.05) is 19.6 Å². The Kier molecular flexibility index (Phi) is 4.52. The van der Waals surface area contributed by atoms with Crippen LogP contribution in [0.1, 0.15) is 39.5 Å². The van der Waals surface area contributed by atoms with E-state index in [4.69, 9.17) is 0 Å². The number of hydrogen-bond acceptors (Lipinski definition) is 3. The first kappa shape index (κ1) is 15.1. The third-order valence-electron chi connectivity index (χ3n) is 4.58. The zero-order chi connectivity index (χ0) is 14.8. The van der Waals surface area contributed by atoms with Crippen LogP contribution in [-0.2, 0) is 4.79 Å². The van der Waals surface area contributed by atoms with E-state index in [1.54, 1.807) is 6.92 Å². The van der Waals surface area contributed by atoms with Gasteiger partial charge in [-0.25, -0.2) is 9.59 Å². The van der Waals surface area contributed by atoms with Gasteiger partial charge in [-0.2, -0.15) is 0 Å². The summed E-state index contributed by atoms with van der Waals surface area (Å²) in [5.74, 6) is -0.448. The molecule has 3 fully saturated rings. The standard InChI is InChI=1S/C14H25N3O3/c1-3-6-14(2,12(18)19)16-13(20)15-11-9-17-7-4-10(11)5-8-17/h10-11H,3-9H2,1-2H3,(H,18,19)(H2,15,16,20). The molecule has 6 heteroatoms. The Hall–Kier alpha value is -1.30. The first-order valence-electron chi connectivity index (χ1n) is 7.49. The molecule has 2 amide bonds. The zero-order valence-electron chi connectivity index (χ0n) is 12.3. The molecule has 3 N–H and O–H groups in total. The molecule has 0 saturated carbocycles. The molecule has 0 aromatic carbocycles. The average molecular weight is 283 g/mol. The highest BCUT2D eigenvalue weighted by atomic mass is 16.4. The van der Waals surface area contributed by atoms with Gasteiger partial charge < -0.3 is 20.6 Å². The quantitative estimate of drug-likeness (QED) is 0.703. The molecule has 114 valence electrons. The first-order valence-corrected chi connectivity index (χ1v) is 7.49. The summed E-state index contributed by atoms with van der Waals surface area (Å²) in [4.78, 5) is 25.7. The lowest BCUT2D eigenvalue weighted by Gasteiger charge is -2.45. The third kappa shape index (κ3) is 3.23. The van der Waals surface area contributed by atoms with E-state index in [1.807, 2.05) is 6.92 Å². The summed E-state index contributed by atoms with van der Waals surface area (Å²) in [5.41, 5.74) is -1.19. The molecule has 3 rings (SSSR count). The second kappa shape index (κ2) is 5.99. The molecule has 2 atom stereocenters. The predicted molar refractivity (Wildman–Crippen MR) is 75.6 cm³/mol. The van der Waals surface area contributed by atoms with Crippen LogP contribution >= 0.6 is 0 Å². The topological polar surface area (TPSA) is 81.7 Å². The maximum Gasteiger partial charge on any atom is 0.329 e. The third-order valence-corrected chi connectivity index (χ3v) is 4.58. The van der Waals surface area contributed by atoms with E-state index in [-0.39, 0.29) is 12.1 Å². The Morgan fingerprint density at radius 2 is 2.00 bits per heavy atom. The molecular weight excluding hydrogens is 258 g/mol. The van der Waals surface area contributed by atoms with Crippen molar-refractivity contribution in [2.24, 2.45) is 5.92 Å². The number of carboxylic acid groups (broad SMARTS) is 1. The normalized spacial score (nSPS) is 31.4. The number of nitrogens with zero attached hydrogens (tertiary/aromatic N) is 1. The summed E-state index contributed by atoms with van der Waals surface area (Å²) in [7, 11) is 0. The van der Waals surface area contributed by atoms with Crippen molar-refractivity contribution in [3.05, 3.63) is 0 Å². The lowest BCUT2D eigenvalue weighted by molar-refractivity contribution is -0.144. The second-order valence-electron chi connectivity index (χ2n) is 6.23. The van der Waals surface area contributed by atoms with Gasteiger partial charge in [0.25, 0.3) is 0 Å². The average Bonchev–Trinajstić information content (AvgIpc) is 2.39. The Balaban J connectivity index is 1.90. The highest BCUT2D eigenvalue weighted by molar-refractivity contribution is 5.85. The number of rotatable bonds is 5. The number of carbonyl (C=O) groups excluding carboxylic acids is 1. The number of amides is 2. The molecule has 3 saturated heterocycles. The molecule has 20 heavy (non-hydrogen) atoms. The smallest absolute Gasteiger partial charge is 0.329 e. The molecule has 2 unspecified atom stereocenters. The van der Waals surface area contributed by atoms with Gasteiger partial charge in [0.1, 0.15) is 5.54 Å². The van der Waals surface area contributed by atoms with Crippen LogP contribution in [-0.4, -0.2) is 53.2 Å². The summed E-state index contributed by atoms with van der Waals surface area (Å²) in [5, 5.41) is 14.9. The second-order valence-corrected chi connectivity index (χ2v) is 6.23. The summed E-state index contributed by atoms with van der Waals surface area (Å²) in [6.07, 6.45) is 3.38. The van der Waals surface area contributed by atoms with Crippen molar-refractivity contribution in [2.45, 2.75) is 51.1 Å². The monoisotopic (exact) mass is 283 g/mol. The number of hydrogen-bond donors (Lipinski definition) is 3. The van der Waals surface area contributed by atoms with Crippen molar-refractivity contribution < 1.29 is 14.7 Å². The van der Waals surface area contributed by atoms with Gasteiger partial charge >= 0.3 is 12.0 Å². The summed E-state index contributed by atoms with van der Waals surface area (Å²) < 4.78 is 0. The fourth-order valence-corrected chi connectivity index (χ4v) is 3.31. The minimum absolute atomic E-state index is 0.150. The maximum absolute atomic E-state index is 12.1. The molecule has 0 aromatic rings. The van der Waals surface area contributed by atoms with E-state index in [0.717, 1.165) is 32.5 Å². The van der Waals surface area contributed by atoms with Gasteiger partial charge in [-0.05, 0) is 45.2 Å². The van der Waals surface area contributed by atoms with Gasteiger partial charge in [0, 0.05) is 12.6 Å². The molecule has 3 aliphatic heterocycles. The largest absolute Gasteiger partial charge is 0.480 e. The van der Waals surface area contributed by atoms with Gasteiger partial charge in [-0.3, -0.25) is 0 Å². The number of urea groups is 1. The number of fused-ring (bicyclic) bond motifs is 3. The molecule has 0 radical (unpaired) electrons. The lowest BCUT2D eigenvalue weighted by atomic mass is 9.84. The van der Waals surface area contributed by atoms with Crippen LogP contribution < -0.4 is 10.6 Å². The number of aliphatic carboxylic acids is 1. The van der Waals surface area contributed by atoms with E-state index < -0.39 is 11.5 Å². The van der Waals surface area contributed by atoms with Crippen LogP contribution in [0.3, 0.4) is 0 Å². The Bertz CT molecular complexity index is 380. The Morgan fingerprint density at radius 1 is 1.35 bits per heavy atom. The van der Waals surface area contributed by atoms with Crippen molar-refractivity contribution in [1.82, 2.24) is 15.5 Å². The molecule has 0 spiro atoms. The Morgan fingerprint density at radius 3 is 2.45 bits per heavy atom. The molecular formula is C14H25N3O3. The number of carboxylic acids is 1. The molecule has 3 heterocycles. The van der Waals surface area contributed by atoms with E-state index in [0.29, 0.717) is 18.8 Å². The lowest BCUT2D eigenvalue weighted by Crippen LogP contribution is -2.62. The minimum atomic E-state index is -1.19. The van der Waals surface area contributed by atoms with Gasteiger partial charge in [-0.1, -0.05) is 13.3 Å².